The molecule has 0 radical (unpaired) electrons. The number of aromatic nitrogens is 1. The van der Waals surface area contributed by atoms with Gasteiger partial charge in [0.05, 0.1) is 12.6 Å². The van der Waals surface area contributed by atoms with Crippen LogP contribution < -0.4 is 5.32 Å². The molecule has 0 spiro atoms. The number of rotatable bonds is 6. The summed E-state index contributed by atoms with van der Waals surface area (Å²) in [6, 6.07) is 17.7. The maximum atomic E-state index is 12.8. The third-order valence-corrected chi connectivity index (χ3v) is 4.48. The molecule has 1 atom stereocenters. The Bertz CT molecular complexity index is 882. The highest BCUT2D eigenvalue weighted by atomic mass is 16.3. The summed E-state index contributed by atoms with van der Waals surface area (Å²) in [5, 5.41) is 13.7. The smallest absolute Gasteiger partial charge is 0.268 e. The van der Waals surface area contributed by atoms with Crippen LogP contribution in [0.5, 0.6) is 0 Å². The molecule has 4 heteroatoms. The van der Waals surface area contributed by atoms with Crippen molar-refractivity contribution in [2.24, 2.45) is 0 Å². The van der Waals surface area contributed by atoms with Crippen LogP contribution in [0, 0.1) is 6.92 Å². The van der Waals surface area contributed by atoms with Gasteiger partial charge in [-0.2, -0.15) is 0 Å². The van der Waals surface area contributed by atoms with Gasteiger partial charge in [0.15, 0.2) is 0 Å². The Morgan fingerprint density at radius 3 is 2.68 bits per heavy atom. The molecule has 0 aliphatic heterocycles. The van der Waals surface area contributed by atoms with Gasteiger partial charge in [0.25, 0.3) is 5.91 Å². The van der Waals surface area contributed by atoms with Crippen LogP contribution >= 0.6 is 0 Å². The predicted octanol–water partition coefficient (Wildman–Crippen LogP) is 3.30. The summed E-state index contributed by atoms with van der Waals surface area (Å²) in [5.74, 6) is -0.148. The molecular weight excluding hydrogens is 312 g/mol. The summed E-state index contributed by atoms with van der Waals surface area (Å²) < 4.78 is 2.01. The van der Waals surface area contributed by atoms with Gasteiger partial charge in [0.1, 0.15) is 5.69 Å². The Morgan fingerprint density at radius 1 is 1.16 bits per heavy atom. The minimum absolute atomic E-state index is 0.0912. The summed E-state index contributed by atoms with van der Waals surface area (Å²) in [5.41, 5.74) is 3.96. The minimum Gasteiger partial charge on any atom is -0.394 e. The molecule has 3 rings (SSSR count). The van der Waals surface area contributed by atoms with Crippen molar-refractivity contribution in [2.45, 2.75) is 32.9 Å². The fourth-order valence-electron chi connectivity index (χ4n) is 3.28. The summed E-state index contributed by atoms with van der Waals surface area (Å²) in [7, 11) is 0. The first kappa shape index (κ1) is 17.2. The predicted molar refractivity (Wildman–Crippen MR) is 101 cm³/mol. The van der Waals surface area contributed by atoms with E-state index in [-0.39, 0.29) is 18.6 Å². The second kappa shape index (κ2) is 7.53. The number of carbonyl (C=O) groups excluding carboxylic acids is 1. The fraction of sp³-hybridized carbons (Fsp3) is 0.286. The van der Waals surface area contributed by atoms with Crippen LogP contribution in [0.1, 0.15) is 28.5 Å². The normalized spacial score (nSPS) is 12.3. The van der Waals surface area contributed by atoms with Gasteiger partial charge in [-0.25, -0.2) is 0 Å². The Labute approximate surface area is 148 Å². The lowest BCUT2D eigenvalue weighted by Crippen LogP contribution is -2.39. The molecule has 25 heavy (non-hydrogen) atoms. The number of hydrogen-bond acceptors (Lipinski definition) is 2. The zero-order chi connectivity index (χ0) is 17.8. The third-order valence-electron chi connectivity index (χ3n) is 4.48. The highest BCUT2D eigenvalue weighted by molar-refractivity contribution is 5.98. The van der Waals surface area contributed by atoms with Crippen LogP contribution in [0.15, 0.2) is 54.6 Å². The largest absolute Gasteiger partial charge is 0.394 e. The van der Waals surface area contributed by atoms with E-state index in [0.29, 0.717) is 12.1 Å². The standard InChI is InChI=1S/C21H24N2O2/c1-3-23-19-10-5-4-9-17(19)13-20(23)21(25)22-18(14-24)12-16-8-6-7-15(2)11-16/h4-11,13,18,24H,3,12,14H2,1-2H3,(H,22,25)/t18-/m0/s1. The Balaban J connectivity index is 1.80. The average Bonchev–Trinajstić information content (AvgIpc) is 3.00. The molecule has 0 fully saturated rings. The lowest BCUT2D eigenvalue weighted by atomic mass is 10.0. The molecule has 0 unspecified atom stereocenters. The molecule has 0 aliphatic rings. The van der Waals surface area contributed by atoms with Crippen LogP contribution in [0.2, 0.25) is 0 Å². The molecule has 0 saturated carbocycles. The van der Waals surface area contributed by atoms with E-state index in [1.54, 1.807) is 0 Å². The van der Waals surface area contributed by atoms with Gasteiger partial charge in [-0.05, 0) is 38.0 Å². The van der Waals surface area contributed by atoms with Crippen LogP contribution in [0.3, 0.4) is 0 Å². The molecule has 0 aliphatic carbocycles. The van der Waals surface area contributed by atoms with Crippen LogP contribution in [-0.4, -0.2) is 28.2 Å². The first-order valence-corrected chi connectivity index (χ1v) is 8.68. The van der Waals surface area contributed by atoms with Crippen molar-refractivity contribution >= 4 is 16.8 Å². The van der Waals surface area contributed by atoms with Gasteiger partial charge in [-0.3, -0.25) is 4.79 Å². The summed E-state index contributed by atoms with van der Waals surface area (Å²) in [6.07, 6.45) is 0.607. The Kier molecular flexibility index (Phi) is 5.19. The zero-order valence-corrected chi connectivity index (χ0v) is 14.7. The quantitative estimate of drug-likeness (QED) is 0.726. The number of aliphatic hydroxyl groups excluding tert-OH is 1. The lowest BCUT2D eigenvalue weighted by molar-refractivity contribution is 0.0907. The molecule has 0 saturated heterocycles. The Morgan fingerprint density at radius 2 is 1.96 bits per heavy atom. The van der Waals surface area contributed by atoms with Crippen molar-refractivity contribution in [1.29, 1.82) is 0 Å². The number of amides is 1. The van der Waals surface area contributed by atoms with Gasteiger partial charge in [-0.15, -0.1) is 0 Å². The molecule has 130 valence electrons. The minimum atomic E-state index is -0.308. The fourth-order valence-corrected chi connectivity index (χ4v) is 3.28. The van der Waals surface area contributed by atoms with Gasteiger partial charge < -0.3 is 15.0 Å². The number of aryl methyl sites for hydroxylation is 2. The van der Waals surface area contributed by atoms with Crippen LogP contribution in [0.4, 0.5) is 0 Å². The van der Waals surface area contributed by atoms with E-state index in [2.05, 4.69) is 11.4 Å². The average molecular weight is 336 g/mol. The van der Waals surface area contributed by atoms with Crippen molar-refractivity contribution < 1.29 is 9.90 Å². The van der Waals surface area contributed by atoms with Gasteiger partial charge in [0.2, 0.25) is 0 Å². The second-order valence-electron chi connectivity index (χ2n) is 6.38. The maximum Gasteiger partial charge on any atom is 0.268 e. The number of nitrogens with one attached hydrogen (secondary N) is 1. The summed E-state index contributed by atoms with van der Waals surface area (Å²) >= 11 is 0. The highest BCUT2D eigenvalue weighted by Crippen LogP contribution is 2.20. The number of carbonyl (C=O) groups is 1. The van der Waals surface area contributed by atoms with Crippen molar-refractivity contribution in [3.8, 4) is 0 Å². The van der Waals surface area contributed by atoms with E-state index in [9.17, 15) is 9.90 Å². The van der Waals surface area contributed by atoms with E-state index in [0.717, 1.165) is 23.0 Å². The van der Waals surface area contributed by atoms with E-state index in [1.807, 2.05) is 66.9 Å². The van der Waals surface area contributed by atoms with Crippen molar-refractivity contribution in [3.63, 3.8) is 0 Å². The van der Waals surface area contributed by atoms with Crippen molar-refractivity contribution in [2.75, 3.05) is 6.61 Å². The van der Waals surface area contributed by atoms with E-state index in [1.165, 1.54) is 5.56 Å². The highest BCUT2D eigenvalue weighted by Gasteiger charge is 2.18. The summed E-state index contributed by atoms with van der Waals surface area (Å²) in [4.78, 5) is 12.8. The molecule has 1 heterocycles. The van der Waals surface area contributed by atoms with E-state index < -0.39 is 0 Å². The molecular formula is C21H24N2O2. The van der Waals surface area contributed by atoms with Crippen molar-refractivity contribution in [1.82, 2.24) is 9.88 Å². The number of benzene rings is 2. The molecule has 1 aromatic heterocycles. The van der Waals surface area contributed by atoms with Gasteiger partial charge in [-0.1, -0.05) is 48.0 Å². The lowest BCUT2D eigenvalue weighted by Gasteiger charge is -2.17. The SMILES string of the molecule is CCn1c(C(=O)N[C@H](CO)Cc2cccc(C)c2)cc2ccccc21. The van der Waals surface area contributed by atoms with E-state index in [4.69, 9.17) is 0 Å². The van der Waals surface area contributed by atoms with Crippen LogP contribution in [-0.2, 0) is 13.0 Å². The van der Waals surface area contributed by atoms with Crippen molar-refractivity contribution in [3.05, 3.63) is 71.4 Å². The molecule has 3 aromatic rings. The van der Waals surface area contributed by atoms with E-state index >= 15 is 0 Å². The monoisotopic (exact) mass is 336 g/mol. The number of fused-ring (bicyclic) bond motifs is 1. The zero-order valence-electron chi connectivity index (χ0n) is 14.7. The first-order chi connectivity index (χ1) is 12.1. The number of hydrogen-bond donors (Lipinski definition) is 2. The third kappa shape index (κ3) is 3.74. The number of aliphatic hydroxyl groups is 1. The van der Waals surface area contributed by atoms with Gasteiger partial charge in [0, 0.05) is 17.4 Å². The molecule has 1 amide bonds. The number of nitrogens with zero attached hydrogens (tertiary/aromatic N) is 1. The molecule has 2 N–H and O–H groups in total. The Hall–Kier alpha value is -2.59. The molecule has 2 aromatic carbocycles. The topological polar surface area (TPSA) is 54.3 Å². The van der Waals surface area contributed by atoms with Crippen LogP contribution in [0.25, 0.3) is 10.9 Å². The van der Waals surface area contributed by atoms with Gasteiger partial charge >= 0.3 is 0 Å². The number of para-hydroxylation sites is 1. The molecule has 4 nitrogen and oxygen atoms in total. The maximum absolute atomic E-state index is 12.8. The first-order valence-electron chi connectivity index (χ1n) is 8.68. The second-order valence-corrected chi connectivity index (χ2v) is 6.38. The summed E-state index contributed by atoms with van der Waals surface area (Å²) in [6.45, 7) is 4.69. The molecule has 0 bridgehead atoms.